The average Bonchev–Trinajstić information content (AvgIpc) is 2.61. The molecule has 1 atom stereocenters. The Balaban J connectivity index is 1.85. The van der Waals surface area contributed by atoms with E-state index in [0.717, 1.165) is 5.56 Å². The van der Waals surface area contributed by atoms with E-state index in [4.69, 9.17) is 9.47 Å². The van der Waals surface area contributed by atoms with Crippen molar-refractivity contribution in [3.05, 3.63) is 65.7 Å². The summed E-state index contributed by atoms with van der Waals surface area (Å²) in [5.74, 6) is -0.0589. The molecular weight excluding hydrogens is 306 g/mol. The lowest BCUT2D eigenvalue weighted by Gasteiger charge is -2.15. The van der Waals surface area contributed by atoms with Crippen LogP contribution in [-0.4, -0.2) is 24.6 Å². The lowest BCUT2D eigenvalue weighted by atomic mass is 10.2. The number of nitrogens with one attached hydrogen (secondary N) is 1. The van der Waals surface area contributed by atoms with Crippen molar-refractivity contribution in [3.8, 4) is 5.75 Å². The van der Waals surface area contributed by atoms with E-state index < -0.39 is 6.10 Å². The molecule has 24 heavy (non-hydrogen) atoms. The van der Waals surface area contributed by atoms with Crippen LogP contribution in [0.4, 0.5) is 0 Å². The number of hydrogen-bond acceptors (Lipinski definition) is 4. The zero-order valence-corrected chi connectivity index (χ0v) is 13.8. The molecule has 1 amide bonds. The Bertz CT molecular complexity index is 668. The maximum Gasteiger partial charge on any atom is 0.338 e. The average molecular weight is 327 g/mol. The van der Waals surface area contributed by atoms with Gasteiger partial charge in [0, 0.05) is 6.54 Å². The van der Waals surface area contributed by atoms with E-state index in [0.29, 0.717) is 24.5 Å². The second-order valence-corrected chi connectivity index (χ2v) is 5.21. The van der Waals surface area contributed by atoms with Gasteiger partial charge in [-0.3, -0.25) is 4.79 Å². The molecule has 5 nitrogen and oxygen atoms in total. The minimum atomic E-state index is -0.637. The van der Waals surface area contributed by atoms with Gasteiger partial charge in [-0.25, -0.2) is 4.79 Å². The van der Waals surface area contributed by atoms with Crippen molar-refractivity contribution in [2.45, 2.75) is 26.5 Å². The van der Waals surface area contributed by atoms with Crippen molar-refractivity contribution in [2.24, 2.45) is 0 Å². The van der Waals surface area contributed by atoms with Crippen LogP contribution in [0.2, 0.25) is 0 Å². The van der Waals surface area contributed by atoms with Crippen LogP contribution in [0.5, 0.6) is 5.75 Å². The third-order valence-electron chi connectivity index (χ3n) is 3.36. The van der Waals surface area contributed by atoms with Crippen molar-refractivity contribution < 1.29 is 19.1 Å². The largest absolute Gasteiger partial charge is 0.481 e. The van der Waals surface area contributed by atoms with Gasteiger partial charge in [-0.2, -0.15) is 0 Å². The molecule has 0 saturated carbocycles. The van der Waals surface area contributed by atoms with Crippen LogP contribution >= 0.6 is 0 Å². The number of hydrogen-bond donors (Lipinski definition) is 1. The fraction of sp³-hybridized carbons (Fsp3) is 0.263. The summed E-state index contributed by atoms with van der Waals surface area (Å²) in [4.78, 5) is 23.6. The van der Waals surface area contributed by atoms with Crippen LogP contribution in [0.15, 0.2) is 54.6 Å². The first-order valence-electron chi connectivity index (χ1n) is 7.85. The summed E-state index contributed by atoms with van der Waals surface area (Å²) in [5, 5.41) is 2.83. The third-order valence-corrected chi connectivity index (χ3v) is 3.36. The molecule has 5 heteroatoms. The van der Waals surface area contributed by atoms with E-state index >= 15 is 0 Å². The first kappa shape index (κ1) is 17.5. The molecule has 0 bridgehead atoms. The van der Waals surface area contributed by atoms with Crippen LogP contribution in [-0.2, 0) is 16.1 Å². The molecule has 0 aromatic heterocycles. The molecule has 0 radical (unpaired) electrons. The van der Waals surface area contributed by atoms with Gasteiger partial charge >= 0.3 is 5.97 Å². The molecule has 2 aromatic rings. The number of esters is 1. The molecule has 2 rings (SSSR count). The fourth-order valence-corrected chi connectivity index (χ4v) is 2.07. The molecule has 2 aromatic carbocycles. The van der Waals surface area contributed by atoms with Crippen LogP contribution in [0.1, 0.15) is 29.8 Å². The van der Waals surface area contributed by atoms with E-state index in [9.17, 15) is 9.59 Å². The molecule has 0 spiro atoms. The van der Waals surface area contributed by atoms with Crippen molar-refractivity contribution >= 4 is 11.9 Å². The summed E-state index contributed by atoms with van der Waals surface area (Å²) in [7, 11) is 0. The number of amides is 1. The molecule has 0 fully saturated rings. The highest BCUT2D eigenvalue weighted by molar-refractivity contribution is 5.89. The number of carbonyl (C=O) groups excluding carboxylic acids is 2. The van der Waals surface area contributed by atoms with Gasteiger partial charge < -0.3 is 14.8 Å². The number of ether oxygens (including phenoxy) is 2. The predicted molar refractivity (Wildman–Crippen MR) is 90.8 cm³/mol. The second-order valence-electron chi connectivity index (χ2n) is 5.21. The van der Waals surface area contributed by atoms with Crippen molar-refractivity contribution in [3.63, 3.8) is 0 Å². The molecule has 1 unspecified atom stereocenters. The number of rotatable bonds is 7. The summed E-state index contributed by atoms with van der Waals surface area (Å²) < 4.78 is 10.5. The molecule has 126 valence electrons. The Morgan fingerprint density at radius 1 is 1.04 bits per heavy atom. The Morgan fingerprint density at radius 2 is 1.71 bits per heavy atom. The first-order valence-corrected chi connectivity index (χ1v) is 7.85. The minimum absolute atomic E-state index is 0.201. The van der Waals surface area contributed by atoms with Crippen molar-refractivity contribution in [1.29, 1.82) is 0 Å². The van der Waals surface area contributed by atoms with E-state index in [1.165, 1.54) is 0 Å². The molecule has 0 heterocycles. The molecule has 0 aliphatic carbocycles. The lowest BCUT2D eigenvalue weighted by Crippen LogP contribution is -2.35. The normalized spacial score (nSPS) is 11.4. The standard InChI is InChI=1S/C19H21NO4/c1-3-23-19(22)16-9-11-17(12-10-16)24-14(2)18(21)20-13-15-7-5-4-6-8-15/h4-12,14H,3,13H2,1-2H3,(H,20,21). The topological polar surface area (TPSA) is 64.6 Å². The van der Waals surface area contributed by atoms with E-state index in [1.807, 2.05) is 30.3 Å². The van der Waals surface area contributed by atoms with Crippen LogP contribution in [0, 0.1) is 0 Å². The Labute approximate surface area is 141 Å². The second kappa shape index (κ2) is 8.72. The maximum absolute atomic E-state index is 12.1. The summed E-state index contributed by atoms with van der Waals surface area (Å²) in [5.41, 5.74) is 1.47. The van der Waals surface area contributed by atoms with Gasteiger partial charge in [0.1, 0.15) is 5.75 Å². The SMILES string of the molecule is CCOC(=O)c1ccc(OC(C)C(=O)NCc2ccccc2)cc1. The van der Waals surface area contributed by atoms with E-state index in [-0.39, 0.29) is 11.9 Å². The highest BCUT2D eigenvalue weighted by Crippen LogP contribution is 2.15. The molecule has 0 aliphatic heterocycles. The van der Waals surface area contributed by atoms with Crippen molar-refractivity contribution in [2.75, 3.05) is 6.61 Å². The predicted octanol–water partition coefficient (Wildman–Crippen LogP) is 2.95. The zero-order chi connectivity index (χ0) is 17.4. The Morgan fingerprint density at radius 3 is 2.33 bits per heavy atom. The zero-order valence-electron chi connectivity index (χ0n) is 13.8. The monoisotopic (exact) mass is 327 g/mol. The highest BCUT2D eigenvalue weighted by Gasteiger charge is 2.14. The lowest BCUT2D eigenvalue weighted by molar-refractivity contribution is -0.127. The summed E-state index contributed by atoms with van der Waals surface area (Å²) in [6, 6.07) is 16.2. The smallest absolute Gasteiger partial charge is 0.338 e. The number of benzene rings is 2. The van der Waals surface area contributed by atoms with Gasteiger partial charge in [0.15, 0.2) is 6.10 Å². The van der Waals surface area contributed by atoms with Crippen molar-refractivity contribution in [1.82, 2.24) is 5.32 Å². The van der Waals surface area contributed by atoms with Gasteiger partial charge in [0.2, 0.25) is 0 Å². The highest BCUT2D eigenvalue weighted by atomic mass is 16.5. The maximum atomic E-state index is 12.1. The van der Waals surface area contributed by atoms with Crippen LogP contribution in [0.25, 0.3) is 0 Å². The van der Waals surface area contributed by atoms with E-state index in [1.54, 1.807) is 38.1 Å². The molecular formula is C19H21NO4. The summed E-state index contributed by atoms with van der Waals surface area (Å²) in [6.07, 6.45) is -0.637. The minimum Gasteiger partial charge on any atom is -0.481 e. The molecule has 0 saturated heterocycles. The Kier molecular flexibility index (Phi) is 6.37. The molecule has 0 aliphatic rings. The molecule has 1 N–H and O–H groups in total. The first-order chi connectivity index (χ1) is 11.6. The summed E-state index contributed by atoms with van der Waals surface area (Å²) >= 11 is 0. The fourth-order valence-electron chi connectivity index (χ4n) is 2.07. The Hall–Kier alpha value is -2.82. The van der Waals surface area contributed by atoms with Gasteiger partial charge in [0.05, 0.1) is 12.2 Å². The summed E-state index contributed by atoms with van der Waals surface area (Å²) in [6.45, 7) is 4.22. The quantitative estimate of drug-likeness (QED) is 0.794. The van der Waals surface area contributed by atoms with Gasteiger partial charge in [-0.1, -0.05) is 30.3 Å². The van der Waals surface area contributed by atoms with Gasteiger partial charge in [-0.05, 0) is 43.7 Å². The van der Waals surface area contributed by atoms with Crippen LogP contribution < -0.4 is 10.1 Å². The van der Waals surface area contributed by atoms with E-state index in [2.05, 4.69) is 5.32 Å². The van der Waals surface area contributed by atoms with Gasteiger partial charge in [0.25, 0.3) is 5.91 Å². The van der Waals surface area contributed by atoms with Crippen LogP contribution in [0.3, 0.4) is 0 Å². The number of carbonyl (C=O) groups is 2. The third kappa shape index (κ3) is 5.12. The van der Waals surface area contributed by atoms with Gasteiger partial charge in [-0.15, -0.1) is 0 Å².